The quantitative estimate of drug-likeness (QED) is 0.524. The number of carbonyl (C=O) groups excluding carboxylic acids is 1. The molecule has 1 heterocycles. The van der Waals surface area contributed by atoms with E-state index >= 15 is 0 Å². The van der Waals surface area contributed by atoms with Crippen LogP contribution in [0.1, 0.15) is 25.2 Å². The van der Waals surface area contributed by atoms with Crippen molar-refractivity contribution in [2.75, 3.05) is 12.4 Å². The van der Waals surface area contributed by atoms with Crippen LogP contribution in [0, 0.1) is 6.92 Å². The number of nitrogens with zero attached hydrogens (tertiary/aromatic N) is 3. The molecule has 0 radical (unpaired) electrons. The van der Waals surface area contributed by atoms with Gasteiger partial charge in [0, 0.05) is 11.6 Å². The molecule has 0 aliphatic rings. The first kappa shape index (κ1) is 18.6. The summed E-state index contributed by atoms with van der Waals surface area (Å²) in [6, 6.07) is 5.50. The Morgan fingerprint density at radius 3 is 2.79 bits per heavy atom. The minimum atomic E-state index is -0.261. The van der Waals surface area contributed by atoms with Crippen molar-refractivity contribution in [2.24, 2.45) is 0 Å². The largest absolute Gasteiger partial charge is 0.486 e. The molecule has 0 aliphatic carbocycles. The molecule has 1 aromatic carbocycles. The molecule has 0 atom stereocenters. The third-order valence-corrected chi connectivity index (χ3v) is 4.60. The molecule has 0 bridgehead atoms. The van der Waals surface area contributed by atoms with Gasteiger partial charge in [-0.05, 0) is 44.5 Å². The van der Waals surface area contributed by atoms with Gasteiger partial charge in [0.05, 0.1) is 12.4 Å². The van der Waals surface area contributed by atoms with E-state index in [1.807, 2.05) is 30.5 Å². The van der Waals surface area contributed by atoms with Crippen molar-refractivity contribution < 1.29 is 14.3 Å². The van der Waals surface area contributed by atoms with Crippen molar-refractivity contribution in [3.05, 3.63) is 34.6 Å². The van der Waals surface area contributed by atoms with Crippen molar-refractivity contribution in [3.8, 4) is 5.75 Å². The first-order valence-corrected chi connectivity index (χ1v) is 9.01. The predicted octanol–water partition coefficient (Wildman–Crippen LogP) is 3.49. The van der Waals surface area contributed by atoms with Gasteiger partial charge < -0.3 is 14.0 Å². The summed E-state index contributed by atoms with van der Waals surface area (Å²) < 4.78 is 12.6. The maximum Gasteiger partial charge on any atom is 0.316 e. The third kappa shape index (κ3) is 4.88. The summed E-state index contributed by atoms with van der Waals surface area (Å²) in [6.07, 6.45) is 0. The number of hydrogen-bond acceptors (Lipinski definition) is 6. The molecule has 0 saturated carbocycles. The first-order chi connectivity index (χ1) is 11.5. The minimum absolute atomic E-state index is 0.212. The van der Waals surface area contributed by atoms with E-state index in [9.17, 15) is 4.79 Å². The molecule has 0 fully saturated rings. The second-order valence-corrected chi connectivity index (χ2v) is 6.29. The number of rotatable bonds is 8. The molecule has 0 unspecified atom stereocenters. The Hall–Kier alpha value is -1.73. The van der Waals surface area contributed by atoms with Crippen LogP contribution in [-0.4, -0.2) is 33.1 Å². The van der Waals surface area contributed by atoms with E-state index in [0.717, 1.165) is 11.3 Å². The Morgan fingerprint density at radius 1 is 1.33 bits per heavy atom. The molecule has 8 heteroatoms. The fourth-order valence-electron chi connectivity index (χ4n) is 2.03. The fourth-order valence-corrected chi connectivity index (χ4v) is 2.97. The Balaban J connectivity index is 2.00. The molecule has 6 nitrogen and oxygen atoms in total. The second kappa shape index (κ2) is 8.94. The minimum Gasteiger partial charge on any atom is -0.486 e. The Kier molecular flexibility index (Phi) is 6.93. The molecule has 24 heavy (non-hydrogen) atoms. The van der Waals surface area contributed by atoms with Gasteiger partial charge in [0.15, 0.2) is 11.0 Å². The monoisotopic (exact) mass is 369 g/mol. The smallest absolute Gasteiger partial charge is 0.316 e. The number of hydrogen-bond donors (Lipinski definition) is 0. The van der Waals surface area contributed by atoms with E-state index in [0.29, 0.717) is 35.8 Å². The molecule has 0 N–H and O–H groups in total. The van der Waals surface area contributed by atoms with E-state index < -0.39 is 0 Å². The third-order valence-electron chi connectivity index (χ3n) is 3.23. The Labute approximate surface area is 150 Å². The molecular weight excluding hydrogens is 350 g/mol. The molecule has 2 rings (SSSR count). The van der Waals surface area contributed by atoms with Crippen LogP contribution in [0.3, 0.4) is 0 Å². The molecule has 2 aromatic rings. The van der Waals surface area contributed by atoms with Crippen LogP contribution in [0.2, 0.25) is 5.02 Å². The summed E-state index contributed by atoms with van der Waals surface area (Å²) in [6.45, 7) is 7.06. The summed E-state index contributed by atoms with van der Waals surface area (Å²) in [5.74, 6) is 1.38. The fraction of sp³-hybridized carbons (Fsp3) is 0.438. The molecule has 1 aromatic heterocycles. The highest BCUT2D eigenvalue weighted by Crippen LogP contribution is 2.22. The highest BCUT2D eigenvalue weighted by molar-refractivity contribution is 7.99. The van der Waals surface area contributed by atoms with Crippen molar-refractivity contribution in [3.63, 3.8) is 0 Å². The number of aryl methyl sites for hydroxylation is 1. The van der Waals surface area contributed by atoms with E-state index in [-0.39, 0.29) is 11.7 Å². The van der Waals surface area contributed by atoms with Gasteiger partial charge in [0.1, 0.15) is 12.4 Å². The zero-order chi connectivity index (χ0) is 17.5. The van der Waals surface area contributed by atoms with Crippen LogP contribution in [0.25, 0.3) is 0 Å². The van der Waals surface area contributed by atoms with Gasteiger partial charge in [0.2, 0.25) is 0 Å². The number of ether oxygens (including phenoxy) is 2. The van der Waals surface area contributed by atoms with Crippen LogP contribution in [0.15, 0.2) is 23.4 Å². The van der Waals surface area contributed by atoms with Crippen molar-refractivity contribution in [1.82, 2.24) is 14.8 Å². The maximum absolute atomic E-state index is 11.5. The lowest BCUT2D eigenvalue weighted by Crippen LogP contribution is -2.09. The molecule has 0 spiro atoms. The topological polar surface area (TPSA) is 66.2 Å². The van der Waals surface area contributed by atoms with E-state index in [4.69, 9.17) is 21.1 Å². The van der Waals surface area contributed by atoms with E-state index in [1.165, 1.54) is 11.8 Å². The average Bonchev–Trinajstić information content (AvgIpc) is 2.96. The maximum atomic E-state index is 11.5. The lowest BCUT2D eigenvalue weighted by Gasteiger charge is -2.09. The summed E-state index contributed by atoms with van der Waals surface area (Å²) in [5, 5.41) is 9.67. The molecular formula is C16H20ClN3O3S. The molecule has 0 amide bonds. The second-order valence-electron chi connectivity index (χ2n) is 4.94. The zero-order valence-corrected chi connectivity index (χ0v) is 15.5. The number of aromatic nitrogens is 3. The average molecular weight is 370 g/mol. The van der Waals surface area contributed by atoms with Gasteiger partial charge in [-0.25, -0.2) is 0 Å². The standard InChI is InChI=1S/C16H20ClN3O3S/c1-4-20-14(9-23-12-6-7-13(17)11(3)8-12)18-19-16(20)24-10-15(21)22-5-2/h6-8H,4-5,9-10H2,1-3H3. The molecule has 0 aliphatic heterocycles. The van der Waals surface area contributed by atoms with Gasteiger partial charge in [0.25, 0.3) is 0 Å². The number of thioether (sulfide) groups is 1. The van der Waals surface area contributed by atoms with Crippen molar-refractivity contribution >= 4 is 29.3 Å². The predicted molar refractivity (Wildman–Crippen MR) is 93.6 cm³/mol. The SMILES string of the molecule is CCOC(=O)CSc1nnc(COc2ccc(Cl)c(C)c2)n1CC. The highest BCUT2D eigenvalue weighted by atomic mass is 35.5. The van der Waals surface area contributed by atoms with Gasteiger partial charge >= 0.3 is 5.97 Å². The van der Waals surface area contributed by atoms with Crippen LogP contribution in [0.4, 0.5) is 0 Å². The summed E-state index contributed by atoms with van der Waals surface area (Å²) in [5.41, 5.74) is 0.955. The highest BCUT2D eigenvalue weighted by Gasteiger charge is 2.14. The van der Waals surface area contributed by atoms with Crippen LogP contribution >= 0.6 is 23.4 Å². The van der Waals surface area contributed by atoms with Gasteiger partial charge in [-0.2, -0.15) is 0 Å². The van der Waals surface area contributed by atoms with Crippen molar-refractivity contribution in [2.45, 2.75) is 39.1 Å². The molecule has 130 valence electrons. The van der Waals surface area contributed by atoms with E-state index in [2.05, 4.69) is 10.2 Å². The van der Waals surface area contributed by atoms with Gasteiger partial charge in [-0.1, -0.05) is 23.4 Å². The number of halogens is 1. The number of carbonyl (C=O) groups is 1. The first-order valence-electron chi connectivity index (χ1n) is 7.64. The lowest BCUT2D eigenvalue weighted by atomic mass is 10.2. The van der Waals surface area contributed by atoms with E-state index in [1.54, 1.807) is 13.0 Å². The Bertz CT molecular complexity index is 706. The summed E-state index contributed by atoms with van der Waals surface area (Å²) in [4.78, 5) is 11.5. The molecule has 0 saturated heterocycles. The summed E-state index contributed by atoms with van der Waals surface area (Å²) >= 11 is 7.32. The lowest BCUT2D eigenvalue weighted by molar-refractivity contribution is -0.139. The number of esters is 1. The Morgan fingerprint density at radius 2 is 2.12 bits per heavy atom. The van der Waals surface area contributed by atoms with Gasteiger partial charge in [-0.15, -0.1) is 10.2 Å². The van der Waals surface area contributed by atoms with Crippen LogP contribution in [0.5, 0.6) is 5.75 Å². The van der Waals surface area contributed by atoms with Gasteiger partial charge in [-0.3, -0.25) is 4.79 Å². The van der Waals surface area contributed by atoms with Crippen molar-refractivity contribution in [1.29, 1.82) is 0 Å². The van der Waals surface area contributed by atoms with Crippen LogP contribution in [-0.2, 0) is 22.7 Å². The summed E-state index contributed by atoms with van der Waals surface area (Å²) in [7, 11) is 0. The van der Waals surface area contributed by atoms with Crippen LogP contribution < -0.4 is 4.74 Å². The number of benzene rings is 1. The zero-order valence-electron chi connectivity index (χ0n) is 13.9. The normalized spacial score (nSPS) is 10.7.